The van der Waals surface area contributed by atoms with E-state index in [2.05, 4.69) is 5.32 Å². The summed E-state index contributed by atoms with van der Waals surface area (Å²) in [6.07, 6.45) is 0.697. The van der Waals surface area contributed by atoms with Crippen molar-refractivity contribution in [1.29, 1.82) is 0 Å². The molecule has 2 N–H and O–H groups in total. The Balaban J connectivity index is 2.12. The number of benzene rings is 2. The van der Waals surface area contributed by atoms with Crippen molar-refractivity contribution in [2.45, 2.75) is 6.42 Å². The molecule has 2 aromatic carbocycles. The van der Waals surface area contributed by atoms with E-state index in [0.29, 0.717) is 13.0 Å². The number of non-ortho nitro benzene ring substituents is 1. The van der Waals surface area contributed by atoms with Crippen LogP contribution in [0.15, 0.2) is 48.5 Å². The molecule has 0 bridgehead atoms. The molecule has 108 valence electrons. The maximum absolute atomic E-state index is 11.1. The number of aromatic carboxylic acids is 1. The van der Waals surface area contributed by atoms with E-state index in [1.165, 1.54) is 18.2 Å². The van der Waals surface area contributed by atoms with Crippen LogP contribution in [0.4, 0.5) is 11.4 Å². The zero-order chi connectivity index (χ0) is 15.2. The normalized spacial score (nSPS) is 10.1. The summed E-state index contributed by atoms with van der Waals surface area (Å²) >= 11 is 0. The van der Waals surface area contributed by atoms with Gasteiger partial charge in [-0.3, -0.25) is 10.1 Å². The minimum absolute atomic E-state index is 0.0219. The van der Waals surface area contributed by atoms with Crippen LogP contribution < -0.4 is 5.32 Å². The highest BCUT2D eigenvalue weighted by Crippen LogP contribution is 2.22. The maximum Gasteiger partial charge on any atom is 0.337 e. The fourth-order valence-corrected chi connectivity index (χ4v) is 1.96. The highest BCUT2D eigenvalue weighted by atomic mass is 16.6. The van der Waals surface area contributed by atoms with Crippen LogP contribution in [0.5, 0.6) is 0 Å². The van der Waals surface area contributed by atoms with Crippen LogP contribution >= 0.6 is 0 Å². The molecule has 0 spiro atoms. The number of carbonyl (C=O) groups is 1. The van der Waals surface area contributed by atoms with Crippen molar-refractivity contribution in [2.75, 3.05) is 11.9 Å². The summed E-state index contributed by atoms with van der Waals surface area (Å²) in [5.41, 5.74) is 1.25. The summed E-state index contributed by atoms with van der Waals surface area (Å²) < 4.78 is 0. The number of nitrogens with one attached hydrogen (secondary N) is 1. The average Bonchev–Trinajstić information content (AvgIpc) is 2.48. The first-order valence-electron chi connectivity index (χ1n) is 6.37. The molecule has 0 heterocycles. The monoisotopic (exact) mass is 286 g/mol. The second-order valence-electron chi connectivity index (χ2n) is 4.45. The van der Waals surface area contributed by atoms with Gasteiger partial charge in [0.2, 0.25) is 0 Å². The van der Waals surface area contributed by atoms with Crippen molar-refractivity contribution in [3.8, 4) is 0 Å². The summed E-state index contributed by atoms with van der Waals surface area (Å²) in [7, 11) is 0. The van der Waals surface area contributed by atoms with E-state index in [1.54, 1.807) is 0 Å². The fourth-order valence-electron chi connectivity index (χ4n) is 1.96. The zero-order valence-corrected chi connectivity index (χ0v) is 11.2. The average molecular weight is 286 g/mol. The molecule has 6 nitrogen and oxygen atoms in total. The van der Waals surface area contributed by atoms with Gasteiger partial charge in [0.05, 0.1) is 16.2 Å². The quantitative estimate of drug-likeness (QED) is 0.629. The molecule has 0 saturated heterocycles. The van der Waals surface area contributed by atoms with Gasteiger partial charge in [-0.15, -0.1) is 0 Å². The topological polar surface area (TPSA) is 92.5 Å². The summed E-state index contributed by atoms with van der Waals surface area (Å²) in [5.74, 6) is -1.12. The lowest BCUT2D eigenvalue weighted by molar-refractivity contribution is -0.384. The molecular formula is C15H14N2O4. The number of anilines is 1. The molecular weight excluding hydrogens is 272 g/mol. The molecule has 6 heteroatoms. The van der Waals surface area contributed by atoms with Crippen LogP contribution in [0.3, 0.4) is 0 Å². The van der Waals surface area contributed by atoms with E-state index in [9.17, 15) is 14.9 Å². The predicted octanol–water partition coefficient (Wildman–Crippen LogP) is 2.95. The molecule has 2 rings (SSSR count). The zero-order valence-electron chi connectivity index (χ0n) is 11.2. The number of carboxylic acid groups (broad SMARTS) is 1. The molecule has 0 radical (unpaired) electrons. The van der Waals surface area contributed by atoms with Gasteiger partial charge < -0.3 is 10.4 Å². The largest absolute Gasteiger partial charge is 0.478 e. The van der Waals surface area contributed by atoms with E-state index in [1.807, 2.05) is 30.3 Å². The van der Waals surface area contributed by atoms with Gasteiger partial charge >= 0.3 is 5.97 Å². The van der Waals surface area contributed by atoms with Crippen LogP contribution in [0.25, 0.3) is 0 Å². The number of nitro benzene ring substituents is 1. The third kappa shape index (κ3) is 3.79. The second kappa shape index (κ2) is 6.51. The molecule has 0 aliphatic rings. The number of nitrogens with zero attached hydrogens (tertiary/aromatic N) is 1. The Morgan fingerprint density at radius 2 is 1.90 bits per heavy atom. The third-order valence-corrected chi connectivity index (χ3v) is 3.02. The van der Waals surface area contributed by atoms with Gasteiger partial charge in [0, 0.05) is 18.7 Å². The second-order valence-corrected chi connectivity index (χ2v) is 4.45. The fraction of sp³-hybridized carbons (Fsp3) is 0.133. The summed E-state index contributed by atoms with van der Waals surface area (Å²) in [6, 6.07) is 13.4. The van der Waals surface area contributed by atoms with Crippen molar-refractivity contribution in [3.05, 3.63) is 69.8 Å². The van der Waals surface area contributed by atoms with E-state index in [0.717, 1.165) is 5.56 Å². The van der Waals surface area contributed by atoms with Crippen molar-refractivity contribution in [3.63, 3.8) is 0 Å². The Kier molecular flexibility index (Phi) is 4.50. The first kappa shape index (κ1) is 14.5. The van der Waals surface area contributed by atoms with E-state index in [4.69, 9.17) is 5.11 Å². The van der Waals surface area contributed by atoms with Gasteiger partial charge in [0.1, 0.15) is 0 Å². The first-order chi connectivity index (χ1) is 10.1. The van der Waals surface area contributed by atoms with E-state index in [-0.39, 0.29) is 16.9 Å². The van der Waals surface area contributed by atoms with Crippen LogP contribution in [0.1, 0.15) is 15.9 Å². The van der Waals surface area contributed by atoms with Crippen molar-refractivity contribution >= 4 is 17.3 Å². The standard InChI is InChI=1S/C15H14N2O4/c18-15(19)13-7-6-12(17(20)21)10-14(13)16-9-8-11-4-2-1-3-5-11/h1-7,10,16H,8-9H2,(H,18,19). The van der Waals surface area contributed by atoms with E-state index >= 15 is 0 Å². The Morgan fingerprint density at radius 3 is 2.52 bits per heavy atom. The lowest BCUT2D eigenvalue weighted by Crippen LogP contribution is -2.10. The SMILES string of the molecule is O=C(O)c1ccc([N+](=O)[O-])cc1NCCc1ccccc1. The summed E-state index contributed by atoms with van der Waals surface area (Å²) in [5, 5.41) is 22.8. The first-order valence-corrected chi connectivity index (χ1v) is 6.37. The van der Waals surface area contributed by atoms with Crippen molar-refractivity contribution < 1.29 is 14.8 Å². The lowest BCUT2D eigenvalue weighted by Gasteiger charge is -2.09. The molecule has 0 fully saturated rings. The van der Waals surface area contributed by atoms with Gasteiger partial charge in [-0.2, -0.15) is 0 Å². The molecule has 0 aliphatic carbocycles. The molecule has 0 unspecified atom stereocenters. The van der Waals surface area contributed by atoms with E-state index < -0.39 is 10.9 Å². The van der Waals surface area contributed by atoms with Crippen LogP contribution in [0, 0.1) is 10.1 Å². The van der Waals surface area contributed by atoms with Gasteiger partial charge in [0.25, 0.3) is 5.69 Å². The van der Waals surface area contributed by atoms with Gasteiger partial charge in [-0.1, -0.05) is 30.3 Å². The molecule has 0 aromatic heterocycles. The molecule has 2 aromatic rings. The molecule has 0 saturated carbocycles. The van der Waals surface area contributed by atoms with Gasteiger partial charge in [-0.05, 0) is 18.1 Å². The molecule has 0 amide bonds. The van der Waals surface area contributed by atoms with Crippen LogP contribution in [-0.2, 0) is 6.42 Å². The van der Waals surface area contributed by atoms with Crippen LogP contribution in [0.2, 0.25) is 0 Å². The minimum Gasteiger partial charge on any atom is -0.478 e. The highest BCUT2D eigenvalue weighted by Gasteiger charge is 2.14. The third-order valence-electron chi connectivity index (χ3n) is 3.02. The maximum atomic E-state index is 11.1. The smallest absolute Gasteiger partial charge is 0.337 e. The molecule has 0 atom stereocenters. The lowest BCUT2D eigenvalue weighted by atomic mass is 10.1. The minimum atomic E-state index is -1.12. The Hall–Kier alpha value is -2.89. The van der Waals surface area contributed by atoms with Gasteiger partial charge in [-0.25, -0.2) is 4.79 Å². The van der Waals surface area contributed by atoms with Gasteiger partial charge in [0.15, 0.2) is 0 Å². The number of rotatable bonds is 6. The molecule has 21 heavy (non-hydrogen) atoms. The Bertz CT molecular complexity index is 656. The molecule has 0 aliphatic heterocycles. The van der Waals surface area contributed by atoms with Crippen LogP contribution in [-0.4, -0.2) is 22.5 Å². The summed E-state index contributed by atoms with van der Waals surface area (Å²) in [6.45, 7) is 0.492. The highest BCUT2D eigenvalue weighted by molar-refractivity contribution is 5.94. The predicted molar refractivity (Wildman–Crippen MR) is 78.7 cm³/mol. The Labute approximate surface area is 121 Å². The van der Waals surface area contributed by atoms with Crippen molar-refractivity contribution in [1.82, 2.24) is 0 Å². The summed E-state index contributed by atoms with van der Waals surface area (Å²) in [4.78, 5) is 21.3. The number of hydrogen-bond acceptors (Lipinski definition) is 4. The Morgan fingerprint density at radius 1 is 1.19 bits per heavy atom. The number of hydrogen-bond donors (Lipinski definition) is 2. The number of nitro groups is 1. The number of carboxylic acids is 1. The van der Waals surface area contributed by atoms with Crippen molar-refractivity contribution in [2.24, 2.45) is 0 Å².